The van der Waals surface area contributed by atoms with Crippen molar-refractivity contribution in [2.45, 2.75) is 19.4 Å². The molecular formula is C11H16N3O7P. The summed E-state index contributed by atoms with van der Waals surface area (Å²) in [6.45, 7) is 2.65. The average Bonchev–Trinajstić information content (AvgIpc) is 2.33. The number of hydrogen-bond acceptors (Lipinski definition) is 5. The van der Waals surface area contributed by atoms with Crippen LogP contribution >= 0.6 is 7.82 Å². The summed E-state index contributed by atoms with van der Waals surface area (Å²) in [5.74, 6) is -0.593. The fraction of sp³-hybridized carbons (Fsp3) is 0.364. The highest BCUT2D eigenvalue weighted by molar-refractivity contribution is 7.46. The maximum absolute atomic E-state index is 11.8. The van der Waals surface area contributed by atoms with Crippen molar-refractivity contribution in [1.82, 2.24) is 10.3 Å². The van der Waals surface area contributed by atoms with Crippen LogP contribution in [0.25, 0.3) is 0 Å². The van der Waals surface area contributed by atoms with Crippen LogP contribution in [0, 0.1) is 0 Å². The van der Waals surface area contributed by atoms with Crippen LogP contribution in [0.5, 0.6) is 0 Å². The summed E-state index contributed by atoms with van der Waals surface area (Å²) in [6.07, 6.45) is -0.0873. The number of carbonyl (C=O) groups excluding carboxylic acids is 1. The molecule has 0 unspecified atom stereocenters. The van der Waals surface area contributed by atoms with Crippen LogP contribution in [0.3, 0.4) is 0 Å². The lowest BCUT2D eigenvalue weighted by Gasteiger charge is -2.25. The van der Waals surface area contributed by atoms with Crippen molar-refractivity contribution < 1.29 is 33.6 Å². The van der Waals surface area contributed by atoms with E-state index in [0.717, 1.165) is 0 Å². The van der Waals surface area contributed by atoms with Crippen LogP contribution in [0.1, 0.15) is 24.3 Å². The molecule has 0 fully saturated rings. The summed E-state index contributed by atoms with van der Waals surface area (Å²) in [4.78, 5) is 43.5. The molecule has 0 aliphatic carbocycles. The summed E-state index contributed by atoms with van der Waals surface area (Å²) < 4.78 is 15.3. The fourth-order valence-electron chi connectivity index (χ4n) is 1.46. The highest BCUT2D eigenvalue weighted by Crippen LogP contribution is 2.40. The zero-order valence-electron chi connectivity index (χ0n) is 11.8. The molecule has 5 N–H and O–H groups in total. The average molecular weight is 333 g/mol. The lowest BCUT2D eigenvalue weighted by atomic mass is 10.1. The van der Waals surface area contributed by atoms with Gasteiger partial charge in [-0.05, 0) is 26.0 Å². The van der Waals surface area contributed by atoms with Crippen LogP contribution in [0.15, 0.2) is 18.3 Å². The first-order valence-electron chi connectivity index (χ1n) is 5.99. The largest absolute Gasteiger partial charge is 0.470 e. The zero-order chi connectivity index (χ0) is 17.0. The molecule has 10 nitrogen and oxygen atoms in total. The maximum atomic E-state index is 11.8. The van der Waals surface area contributed by atoms with E-state index in [2.05, 4.69) is 20.1 Å². The van der Waals surface area contributed by atoms with Gasteiger partial charge in [-0.1, -0.05) is 0 Å². The number of pyridine rings is 1. The molecule has 11 heteroatoms. The van der Waals surface area contributed by atoms with Crippen molar-refractivity contribution >= 4 is 25.5 Å². The predicted octanol–water partition coefficient (Wildman–Crippen LogP) is 0.789. The molecule has 0 bridgehead atoms. The van der Waals surface area contributed by atoms with E-state index in [1.807, 2.05) is 0 Å². The number of aromatic nitrogens is 1. The molecule has 122 valence electrons. The highest BCUT2D eigenvalue weighted by Gasteiger charge is 2.29. The first kappa shape index (κ1) is 18.1. The third-order valence-electron chi connectivity index (χ3n) is 2.29. The summed E-state index contributed by atoms with van der Waals surface area (Å²) in [5.41, 5.74) is -1.06. The van der Waals surface area contributed by atoms with E-state index in [4.69, 9.17) is 14.9 Å². The van der Waals surface area contributed by atoms with E-state index < -0.39 is 25.4 Å². The van der Waals surface area contributed by atoms with Gasteiger partial charge in [-0.3, -0.25) is 14.6 Å². The number of carboxylic acid groups (broad SMARTS) is 1. The van der Waals surface area contributed by atoms with Gasteiger partial charge in [0.25, 0.3) is 5.91 Å². The smallest absolute Gasteiger partial charge is 0.465 e. The standard InChI is InChI=1S/C11H16N3O7P/c1-11(2,21-22(18,19)20)6-13-9(15)8-4-3-7(5-12-8)14-10(16)17/h3-5,14H,6H2,1-2H3,(H,13,15)(H,16,17)(H2,18,19,20). The monoisotopic (exact) mass is 333 g/mol. The lowest BCUT2D eigenvalue weighted by Crippen LogP contribution is -2.40. The first-order chi connectivity index (χ1) is 9.98. The molecule has 22 heavy (non-hydrogen) atoms. The van der Waals surface area contributed by atoms with Gasteiger partial charge in [0.15, 0.2) is 0 Å². The number of anilines is 1. The van der Waals surface area contributed by atoms with Gasteiger partial charge in [0.1, 0.15) is 5.69 Å². The van der Waals surface area contributed by atoms with Gasteiger partial charge in [0.2, 0.25) is 0 Å². The molecule has 0 saturated heterocycles. The Morgan fingerprint density at radius 1 is 1.36 bits per heavy atom. The molecule has 1 aromatic rings. The normalized spacial score (nSPS) is 11.8. The molecular weight excluding hydrogens is 317 g/mol. The van der Waals surface area contributed by atoms with E-state index in [1.165, 1.54) is 32.2 Å². The molecule has 0 aliphatic rings. The number of nitrogens with zero attached hydrogens (tertiary/aromatic N) is 1. The second-order valence-corrected chi connectivity index (χ2v) is 6.05. The Balaban J connectivity index is 2.62. The minimum atomic E-state index is -4.67. The van der Waals surface area contributed by atoms with Gasteiger partial charge in [0, 0.05) is 6.54 Å². The molecule has 1 heterocycles. The van der Waals surface area contributed by atoms with E-state index in [-0.39, 0.29) is 17.9 Å². The topological polar surface area (TPSA) is 158 Å². The number of carbonyl (C=O) groups is 2. The summed E-state index contributed by atoms with van der Waals surface area (Å²) >= 11 is 0. The summed E-state index contributed by atoms with van der Waals surface area (Å²) in [6, 6.07) is 2.66. The quantitative estimate of drug-likeness (QED) is 0.478. The number of amides is 2. The molecule has 0 spiro atoms. The van der Waals surface area contributed by atoms with Crippen LogP contribution in [0.4, 0.5) is 10.5 Å². The Morgan fingerprint density at radius 2 is 2.00 bits per heavy atom. The van der Waals surface area contributed by atoms with Gasteiger partial charge in [-0.25, -0.2) is 14.3 Å². The highest BCUT2D eigenvalue weighted by atomic mass is 31.2. The minimum Gasteiger partial charge on any atom is -0.465 e. The molecule has 1 aromatic heterocycles. The van der Waals surface area contributed by atoms with E-state index in [0.29, 0.717) is 0 Å². The van der Waals surface area contributed by atoms with Crippen molar-refractivity contribution in [2.24, 2.45) is 0 Å². The van der Waals surface area contributed by atoms with Gasteiger partial charge in [0.05, 0.1) is 17.5 Å². The second kappa shape index (κ2) is 6.84. The maximum Gasteiger partial charge on any atom is 0.470 e. The van der Waals surface area contributed by atoms with Crippen molar-refractivity contribution in [3.05, 3.63) is 24.0 Å². The molecule has 1 rings (SSSR count). The molecule has 0 aromatic carbocycles. The van der Waals surface area contributed by atoms with Gasteiger partial charge in [-0.15, -0.1) is 0 Å². The SMILES string of the molecule is CC(C)(CNC(=O)c1ccc(NC(=O)O)cn1)OP(=O)(O)O. The Labute approximate surface area is 125 Å². The first-order valence-corrected chi connectivity index (χ1v) is 7.52. The third kappa shape index (κ3) is 6.64. The van der Waals surface area contributed by atoms with Crippen molar-refractivity contribution in [3.8, 4) is 0 Å². The fourth-order valence-corrected chi connectivity index (χ4v) is 2.17. The van der Waals surface area contributed by atoms with Gasteiger partial charge < -0.3 is 20.2 Å². The summed E-state index contributed by atoms with van der Waals surface area (Å²) in [7, 11) is -4.67. The molecule has 2 amide bonds. The van der Waals surface area contributed by atoms with Crippen LogP contribution in [0.2, 0.25) is 0 Å². The van der Waals surface area contributed by atoms with Crippen LogP contribution in [-0.2, 0) is 9.09 Å². The Hall–Kier alpha value is -2.00. The molecule has 0 atom stereocenters. The number of hydrogen-bond donors (Lipinski definition) is 5. The predicted molar refractivity (Wildman–Crippen MR) is 75.4 cm³/mol. The van der Waals surface area contributed by atoms with Crippen molar-refractivity contribution in [3.63, 3.8) is 0 Å². The second-order valence-electron chi connectivity index (χ2n) is 4.89. The van der Waals surface area contributed by atoms with E-state index in [1.54, 1.807) is 0 Å². The zero-order valence-corrected chi connectivity index (χ0v) is 12.7. The number of rotatable bonds is 6. The van der Waals surface area contributed by atoms with Crippen LogP contribution in [-0.4, -0.2) is 44.0 Å². The minimum absolute atomic E-state index is 0.0166. The van der Waals surface area contributed by atoms with Crippen LogP contribution < -0.4 is 10.6 Å². The van der Waals surface area contributed by atoms with Gasteiger partial charge in [-0.2, -0.15) is 0 Å². The van der Waals surface area contributed by atoms with E-state index in [9.17, 15) is 14.2 Å². The van der Waals surface area contributed by atoms with E-state index >= 15 is 0 Å². The third-order valence-corrected chi connectivity index (χ3v) is 3.02. The van der Waals surface area contributed by atoms with Crippen molar-refractivity contribution in [1.29, 1.82) is 0 Å². The van der Waals surface area contributed by atoms with Crippen molar-refractivity contribution in [2.75, 3.05) is 11.9 Å². The Morgan fingerprint density at radius 3 is 2.45 bits per heavy atom. The number of phosphoric acid groups is 1. The van der Waals surface area contributed by atoms with Gasteiger partial charge >= 0.3 is 13.9 Å². The number of phosphoric ester groups is 1. The number of nitrogens with one attached hydrogen (secondary N) is 2. The Bertz CT molecular complexity index is 596. The molecule has 0 radical (unpaired) electrons. The molecule has 0 saturated carbocycles. The Kier molecular flexibility index (Phi) is 5.61. The molecule has 0 aliphatic heterocycles. The lowest BCUT2D eigenvalue weighted by molar-refractivity contribution is 0.0595. The summed E-state index contributed by atoms with van der Waals surface area (Å²) in [5, 5.41) is 13.0.